The number of amides is 1. The van der Waals surface area contributed by atoms with Gasteiger partial charge in [0.2, 0.25) is 15.9 Å². The molecule has 0 spiro atoms. The van der Waals surface area contributed by atoms with Crippen molar-refractivity contribution in [1.82, 2.24) is 14.2 Å². The highest BCUT2D eigenvalue weighted by atomic mass is 32.2. The number of benzene rings is 1. The minimum atomic E-state index is -3.58. The zero-order chi connectivity index (χ0) is 18.3. The Labute approximate surface area is 154 Å². The second-order valence-corrected chi connectivity index (χ2v) is 9.18. The number of aromatic nitrogens is 1. The summed E-state index contributed by atoms with van der Waals surface area (Å²) in [6, 6.07) is 4.60. The smallest absolute Gasteiger partial charge is 0.308 e. The first-order chi connectivity index (χ1) is 12.4. The van der Waals surface area contributed by atoms with Crippen molar-refractivity contribution in [2.75, 3.05) is 26.3 Å². The Hall–Kier alpha value is -1.75. The van der Waals surface area contributed by atoms with E-state index >= 15 is 0 Å². The second-order valence-electron chi connectivity index (χ2n) is 6.47. The molecule has 1 saturated carbocycles. The maximum Gasteiger partial charge on any atom is 0.308 e. The molecule has 0 unspecified atom stereocenters. The number of carbonyl (C=O) groups excluding carboxylic acids is 1. The number of fused-ring (bicyclic) bond motifs is 1. The van der Waals surface area contributed by atoms with Crippen LogP contribution >= 0.6 is 11.3 Å². The van der Waals surface area contributed by atoms with Crippen LogP contribution in [-0.2, 0) is 26.1 Å². The van der Waals surface area contributed by atoms with Gasteiger partial charge in [-0.25, -0.2) is 13.1 Å². The maximum absolute atomic E-state index is 12.4. The van der Waals surface area contributed by atoms with E-state index in [-0.39, 0.29) is 28.3 Å². The zero-order valence-electron chi connectivity index (χ0n) is 14.0. The second kappa shape index (κ2) is 6.76. The molecular weight excluding hydrogens is 378 g/mol. The zero-order valence-corrected chi connectivity index (χ0v) is 15.6. The van der Waals surface area contributed by atoms with Crippen molar-refractivity contribution in [1.29, 1.82) is 0 Å². The lowest BCUT2D eigenvalue weighted by Gasteiger charge is -2.26. The molecule has 2 heterocycles. The van der Waals surface area contributed by atoms with Gasteiger partial charge in [0.15, 0.2) is 0 Å². The molecule has 1 aliphatic heterocycles. The maximum atomic E-state index is 12.4. The third-order valence-electron chi connectivity index (χ3n) is 4.51. The van der Waals surface area contributed by atoms with Crippen molar-refractivity contribution in [3.8, 4) is 0 Å². The number of morpholine rings is 1. The molecule has 0 radical (unpaired) electrons. The van der Waals surface area contributed by atoms with Gasteiger partial charge in [0.1, 0.15) is 6.54 Å². The highest BCUT2D eigenvalue weighted by molar-refractivity contribution is 7.89. The summed E-state index contributed by atoms with van der Waals surface area (Å²) in [6.07, 6.45) is 1.71. The molecule has 1 aromatic heterocycles. The van der Waals surface area contributed by atoms with Gasteiger partial charge in [-0.05, 0) is 31.0 Å². The predicted octanol–water partition coefficient (Wildman–Crippen LogP) is 0.362. The van der Waals surface area contributed by atoms with E-state index < -0.39 is 10.0 Å². The third-order valence-corrected chi connectivity index (χ3v) is 6.97. The molecule has 8 nitrogen and oxygen atoms in total. The Morgan fingerprint density at radius 1 is 1.27 bits per heavy atom. The minimum Gasteiger partial charge on any atom is -0.378 e. The molecule has 26 heavy (non-hydrogen) atoms. The fourth-order valence-corrected chi connectivity index (χ4v) is 5.24. The number of rotatable bonds is 5. The largest absolute Gasteiger partial charge is 0.378 e. The first-order valence-corrected chi connectivity index (χ1v) is 10.8. The average Bonchev–Trinajstić information content (AvgIpc) is 3.37. The van der Waals surface area contributed by atoms with Gasteiger partial charge in [-0.2, -0.15) is 0 Å². The number of ether oxygens (including phenoxy) is 1. The van der Waals surface area contributed by atoms with Crippen LogP contribution in [0.15, 0.2) is 27.9 Å². The third kappa shape index (κ3) is 3.54. The summed E-state index contributed by atoms with van der Waals surface area (Å²) in [5, 5.41) is 0. The summed E-state index contributed by atoms with van der Waals surface area (Å²) in [5.41, 5.74) is 0.576. The summed E-state index contributed by atoms with van der Waals surface area (Å²) in [6.45, 7) is 1.99. The van der Waals surface area contributed by atoms with Crippen LogP contribution in [0.4, 0.5) is 0 Å². The molecule has 10 heteroatoms. The Balaban J connectivity index is 1.61. The summed E-state index contributed by atoms with van der Waals surface area (Å²) in [5.74, 6) is -0.137. The van der Waals surface area contributed by atoms with Gasteiger partial charge < -0.3 is 9.64 Å². The summed E-state index contributed by atoms with van der Waals surface area (Å²) in [7, 11) is -3.58. The number of sulfonamides is 1. The normalized spacial score (nSPS) is 18.4. The lowest BCUT2D eigenvalue weighted by molar-refractivity contribution is -0.135. The van der Waals surface area contributed by atoms with Crippen molar-refractivity contribution >= 4 is 37.5 Å². The number of thiazole rings is 1. The number of hydrogen-bond acceptors (Lipinski definition) is 6. The summed E-state index contributed by atoms with van der Waals surface area (Å²) >= 11 is 0.952. The SMILES string of the molecule is O=C(Cn1c(=O)sc2cc(S(=O)(=O)NC3CC3)ccc21)N1CCOCC1. The summed E-state index contributed by atoms with van der Waals surface area (Å²) < 4.78 is 34.5. The number of nitrogens with zero attached hydrogens (tertiary/aromatic N) is 2. The molecule has 1 aromatic carbocycles. The van der Waals surface area contributed by atoms with Gasteiger partial charge in [0.25, 0.3) is 0 Å². The van der Waals surface area contributed by atoms with Crippen molar-refractivity contribution in [2.24, 2.45) is 0 Å². The van der Waals surface area contributed by atoms with Gasteiger partial charge >= 0.3 is 4.87 Å². The molecule has 1 N–H and O–H groups in total. The van der Waals surface area contributed by atoms with E-state index in [0.29, 0.717) is 36.5 Å². The van der Waals surface area contributed by atoms with E-state index in [1.54, 1.807) is 11.0 Å². The Kier molecular flexibility index (Phi) is 4.59. The van der Waals surface area contributed by atoms with Crippen LogP contribution in [0.5, 0.6) is 0 Å². The lowest BCUT2D eigenvalue weighted by atomic mass is 10.3. The van der Waals surface area contributed by atoms with Crippen LogP contribution in [0.1, 0.15) is 12.8 Å². The Morgan fingerprint density at radius 2 is 2.00 bits per heavy atom. The molecule has 2 fully saturated rings. The Bertz CT molecular complexity index is 1000. The van der Waals surface area contributed by atoms with Crippen LogP contribution in [0.2, 0.25) is 0 Å². The summed E-state index contributed by atoms with van der Waals surface area (Å²) in [4.78, 5) is 26.3. The quantitative estimate of drug-likeness (QED) is 0.786. The van der Waals surface area contributed by atoms with Gasteiger partial charge in [0.05, 0.1) is 28.3 Å². The van der Waals surface area contributed by atoms with Gasteiger partial charge in [-0.15, -0.1) is 0 Å². The molecule has 140 valence electrons. The first kappa shape index (κ1) is 17.7. The fourth-order valence-electron chi connectivity index (χ4n) is 2.90. The van der Waals surface area contributed by atoms with Crippen molar-refractivity contribution in [2.45, 2.75) is 30.3 Å². The minimum absolute atomic E-state index is 0.0187. The number of nitrogens with one attached hydrogen (secondary N) is 1. The van der Waals surface area contributed by atoms with E-state index in [2.05, 4.69) is 4.72 Å². The van der Waals surface area contributed by atoms with Crippen LogP contribution in [0.25, 0.3) is 10.2 Å². The van der Waals surface area contributed by atoms with Crippen LogP contribution in [0, 0.1) is 0 Å². The standard InChI is InChI=1S/C16H19N3O5S2/c20-15(18-5-7-24-8-6-18)10-19-13-4-3-12(9-14(13)25-16(19)21)26(22,23)17-11-1-2-11/h3-4,9,11,17H,1-2,5-8,10H2. The number of hydrogen-bond donors (Lipinski definition) is 1. The van der Waals surface area contributed by atoms with Crippen molar-refractivity contribution < 1.29 is 17.9 Å². The average molecular weight is 397 g/mol. The number of carbonyl (C=O) groups is 1. The first-order valence-electron chi connectivity index (χ1n) is 8.45. The molecule has 1 amide bonds. The van der Waals surface area contributed by atoms with E-state index in [1.165, 1.54) is 16.7 Å². The van der Waals surface area contributed by atoms with Crippen LogP contribution < -0.4 is 9.60 Å². The van der Waals surface area contributed by atoms with Crippen molar-refractivity contribution in [3.05, 3.63) is 27.9 Å². The van der Waals surface area contributed by atoms with E-state index in [0.717, 1.165) is 24.2 Å². The molecule has 1 aliphatic carbocycles. The molecule has 2 aromatic rings. The molecular formula is C16H19N3O5S2. The van der Waals surface area contributed by atoms with E-state index in [4.69, 9.17) is 4.74 Å². The highest BCUT2D eigenvalue weighted by Crippen LogP contribution is 2.25. The predicted molar refractivity (Wildman–Crippen MR) is 96.8 cm³/mol. The molecule has 2 aliphatic rings. The molecule has 0 atom stereocenters. The molecule has 0 bridgehead atoms. The van der Waals surface area contributed by atoms with Gasteiger partial charge in [-0.1, -0.05) is 11.3 Å². The highest BCUT2D eigenvalue weighted by Gasteiger charge is 2.28. The monoisotopic (exact) mass is 397 g/mol. The van der Waals surface area contributed by atoms with Crippen LogP contribution in [0.3, 0.4) is 0 Å². The van der Waals surface area contributed by atoms with E-state index in [9.17, 15) is 18.0 Å². The fraction of sp³-hybridized carbons (Fsp3) is 0.500. The van der Waals surface area contributed by atoms with Gasteiger partial charge in [-0.3, -0.25) is 14.2 Å². The van der Waals surface area contributed by atoms with E-state index in [1.807, 2.05) is 0 Å². The molecule has 1 saturated heterocycles. The van der Waals surface area contributed by atoms with Crippen molar-refractivity contribution in [3.63, 3.8) is 0 Å². The van der Waals surface area contributed by atoms with Crippen LogP contribution in [-0.4, -0.2) is 56.1 Å². The topological polar surface area (TPSA) is 97.7 Å². The Morgan fingerprint density at radius 3 is 2.69 bits per heavy atom. The lowest BCUT2D eigenvalue weighted by Crippen LogP contribution is -2.43. The molecule has 4 rings (SSSR count). The van der Waals surface area contributed by atoms with Gasteiger partial charge in [0, 0.05) is 19.1 Å².